The van der Waals surface area contributed by atoms with Gasteiger partial charge in [0.15, 0.2) is 0 Å². The fourth-order valence-electron chi connectivity index (χ4n) is 1.39. The number of nitrogens with two attached hydrogens (primary N) is 1. The third-order valence-electron chi connectivity index (χ3n) is 2.30. The highest BCUT2D eigenvalue weighted by Gasteiger charge is 2.02. The van der Waals surface area contributed by atoms with Crippen molar-refractivity contribution < 1.29 is 4.79 Å². The second kappa shape index (κ2) is 9.52. The topological polar surface area (TPSA) is 55.1 Å². The van der Waals surface area contributed by atoms with E-state index in [2.05, 4.69) is 12.2 Å². The zero-order chi connectivity index (χ0) is 9.94. The Morgan fingerprint density at radius 3 is 2.54 bits per heavy atom. The van der Waals surface area contributed by atoms with Crippen molar-refractivity contribution in [1.29, 1.82) is 0 Å². The van der Waals surface area contributed by atoms with E-state index < -0.39 is 0 Å². The van der Waals surface area contributed by atoms with Crippen LogP contribution in [0.1, 0.15) is 45.4 Å². The van der Waals surface area contributed by atoms with Gasteiger partial charge in [0.2, 0.25) is 6.41 Å². The average molecular weight is 186 g/mol. The molecule has 3 N–H and O–H groups in total. The molecule has 13 heavy (non-hydrogen) atoms. The van der Waals surface area contributed by atoms with Gasteiger partial charge in [-0.2, -0.15) is 0 Å². The van der Waals surface area contributed by atoms with E-state index in [-0.39, 0.29) is 0 Å². The molecule has 0 heterocycles. The van der Waals surface area contributed by atoms with E-state index in [1.165, 1.54) is 19.3 Å². The molecule has 0 radical (unpaired) electrons. The molecule has 0 aliphatic heterocycles. The Bertz CT molecular complexity index is 117. The van der Waals surface area contributed by atoms with Crippen molar-refractivity contribution in [2.75, 3.05) is 6.54 Å². The number of nitrogens with one attached hydrogen (secondary N) is 1. The van der Waals surface area contributed by atoms with Crippen molar-refractivity contribution >= 4 is 6.41 Å². The van der Waals surface area contributed by atoms with E-state index in [4.69, 9.17) is 5.73 Å². The van der Waals surface area contributed by atoms with Crippen LogP contribution in [-0.4, -0.2) is 19.0 Å². The Kier molecular flexibility index (Phi) is 9.10. The minimum Gasteiger partial charge on any atom is -0.356 e. The lowest BCUT2D eigenvalue weighted by atomic mass is 10.1. The van der Waals surface area contributed by atoms with Gasteiger partial charge in [0, 0.05) is 6.04 Å². The number of amides is 1. The van der Waals surface area contributed by atoms with Gasteiger partial charge in [-0.15, -0.1) is 0 Å². The summed E-state index contributed by atoms with van der Waals surface area (Å²) in [7, 11) is 0. The van der Waals surface area contributed by atoms with Gasteiger partial charge in [-0.3, -0.25) is 4.79 Å². The second-order valence-corrected chi connectivity index (χ2v) is 3.38. The molecule has 3 heteroatoms. The molecular formula is C10H22N2O. The zero-order valence-corrected chi connectivity index (χ0v) is 8.59. The molecule has 0 aliphatic rings. The van der Waals surface area contributed by atoms with E-state index in [9.17, 15) is 4.79 Å². The lowest BCUT2D eigenvalue weighted by Gasteiger charge is -2.12. The first-order valence-electron chi connectivity index (χ1n) is 5.24. The van der Waals surface area contributed by atoms with Gasteiger partial charge < -0.3 is 11.1 Å². The van der Waals surface area contributed by atoms with Crippen LogP contribution in [0.2, 0.25) is 0 Å². The monoisotopic (exact) mass is 186 g/mol. The van der Waals surface area contributed by atoms with Crippen molar-refractivity contribution in [3.63, 3.8) is 0 Å². The summed E-state index contributed by atoms with van der Waals surface area (Å²) in [5, 5.41) is 2.82. The van der Waals surface area contributed by atoms with Crippen molar-refractivity contribution in [2.45, 2.75) is 51.5 Å². The fourth-order valence-corrected chi connectivity index (χ4v) is 1.39. The molecule has 1 unspecified atom stereocenters. The van der Waals surface area contributed by atoms with Crippen LogP contribution in [0, 0.1) is 0 Å². The van der Waals surface area contributed by atoms with Gasteiger partial charge in [-0.25, -0.2) is 0 Å². The van der Waals surface area contributed by atoms with Crippen LogP contribution >= 0.6 is 0 Å². The van der Waals surface area contributed by atoms with Crippen LogP contribution in [0.15, 0.2) is 0 Å². The smallest absolute Gasteiger partial charge is 0.207 e. The van der Waals surface area contributed by atoms with Crippen molar-refractivity contribution in [3.05, 3.63) is 0 Å². The number of rotatable bonds is 9. The Morgan fingerprint density at radius 1 is 1.31 bits per heavy atom. The van der Waals surface area contributed by atoms with Crippen LogP contribution in [0.25, 0.3) is 0 Å². The Labute approximate surface area is 81.1 Å². The molecule has 3 nitrogen and oxygen atoms in total. The number of hydrogen-bond acceptors (Lipinski definition) is 2. The summed E-state index contributed by atoms with van der Waals surface area (Å²) in [4.78, 5) is 10.2. The molecule has 0 saturated carbocycles. The predicted octanol–water partition coefficient (Wildman–Crippen LogP) is 1.42. The van der Waals surface area contributed by atoms with E-state index in [1.807, 2.05) is 0 Å². The van der Waals surface area contributed by atoms with E-state index in [1.54, 1.807) is 0 Å². The molecule has 1 amide bonds. The largest absolute Gasteiger partial charge is 0.356 e. The number of carbonyl (C=O) groups is 1. The molecule has 0 bridgehead atoms. The summed E-state index contributed by atoms with van der Waals surface area (Å²) >= 11 is 0. The minimum absolute atomic E-state index is 0.371. The van der Waals surface area contributed by atoms with Gasteiger partial charge in [-0.1, -0.05) is 26.2 Å². The lowest BCUT2D eigenvalue weighted by molar-refractivity contribution is -0.110. The normalized spacial score (nSPS) is 12.5. The standard InChI is InChI=1S/C10H22N2O/c1-2-10(12-9-13)7-5-3-4-6-8-11/h9-10H,2-8,11H2,1H3,(H,12,13). The molecule has 78 valence electrons. The maximum Gasteiger partial charge on any atom is 0.207 e. The summed E-state index contributed by atoms with van der Waals surface area (Å²) < 4.78 is 0. The molecule has 0 aliphatic carbocycles. The summed E-state index contributed by atoms with van der Waals surface area (Å²) in [5.41, 5.74) is 5.39. The van der Waals surface area contributed by atoms with Gasteiger partial charge >= 0.3 is 0 Å². The van der Waals surface area contributed by atoms with Gasteiger partial charge in [0.25, 0.3) is 0 Å². The first-order valence-corrected chi connectivity index (χ1v) is 5.24. The van der Waals surface area contributed by atoms with E-state index >= 15 is 0 Å². The zero-order valence-electron chi connectivity index (χ0n) is 8.59. The number of carbonyl (C=O) groups excluding carboxylic acids is 1. The highest BCUT2D eigenvalue weighted by Crippen LogP contribution is 2.06. The third kappa shape index (κ3) is 7.78. The van der Waals surface area contributed by atoms with Crippen molar-refractivity contribution in [1.82, 2.24) is 5.32 Å². The first-order chi connectivity index (χ1) is 6.35. The minimum atomic E-state index is 0.371. The molecule has 1 atom stereocenters. The quantitative estimate of drug-likeness (QED) is 0.422. The number of unbranched alkanes of at least 4 members (excludes halogenated alkanes) is 3. The molecule has 0 aromatic carbocycles. The lowest BCUT2D eigenvalue weighted by Crippen LogP contribution is -2.26. The van der Waals surface area contributed by atoms with Gasteiger partial charge in [0.05, 0.1) is 0 Å². The summed E-state index contributed by atoms with van der Waals surface area (Å²) in [6.45, 7) is 2.89. The van der Waals surface area contributed by atoms with Crippen LogP contribution < -0.4 is 11.1 Å². The van der Waals surface area contributed by atoms with E-state index in [0.29, 0.717) is 6.04 Å². The van der Waals surface area contributed by atoms with Crippen molar-refractivity contribution in [3.8, 4) is 0 Å². The molecule has 0 aromatic rings. The molecule has 0 rings (SSSR count). The van der Waals surface area contributed by atoms with Crippen LogP contribution in [0.4, 0.5) is 0 Å². The van der Waals surface area contributed by atoms with Crippen LogP contribution in [0.5, 0.6) is 0 Å². The maximum atomic E-state index is 10.2. The molecule has 0 fully saturated rings. The third-order valence-corrected chi connectivity index (χ3v) is 2.30. The molecule has 0 saturated heterocycles. The van der Waals surface area contributed by atoms with Crippen molar-refractivity contribution in [2.24, 2.45) is 5.73 Å². The molecular weight excluding hydrogens is 164 g/mol. The highest BCUT2D eigenvalue weighted by molar-refractivity contribution is 5.46. The maximum absolute atomic E-state index is 10.2. The van der Waals surface area contributed by atoms with Crippen LogP contribution in [-0.2, 0) is 4.79 Å². The number of hydrogen-bond donors (Lipinski definition) is 2. The summed E-state index contributed by atoms with van der Waals surface area (Å²) in [6, 6.07) is 0.371. The SMILES string of the molecule is CCC(CCCCCCN)NC=O. The van der Waals surface area contributed by atoms with E-state index in [0.717, 1.165) is 32.2 Å². The first kappa shape index (κ1) is 12.4. The fraction of sp³-hybridized carbons (Fsp3) is 0.900. The molecule has 0 spiro atoms. The highest BCUT2D eigenvalue weighted by atomic mass is 16.1. The summed E-state index contributed by atoms with van der Waals surface area (Å²) in [6.07, 6.45) is 7.68. The summed E-state index contributed by atoms with van der Waals surface area (Å²) in [5.74, 6) is 0. The second-order valence-electron chi connectivity index (χ2n) is 3.38. The average Bonchev–Trinajstić information content (AvgIpc) is 2.16. The molecule has 0 aromatic heterocycles. The Morgan fingerprint density at radius 2 is 2.00 bits per heavy atom. The van der Waals surface area contributed by atoms with Gasteiger partial charge in [0.1, 0.15) is 0 Å². The Balaban J connectivity index is 3.22. The van der Waals surface area contributed by atoms with Gasteiger partial charge in [-0.05, 0) is 25.8 Å². The Hall–Kier alpha value is -0.570. The predicted molar refractivity (Wildman–Crippen MR) is 55.4 cm³/mol. The van der Waals surface area contributed by atoms with Crippen LogP contribution in [0.3, 0.4) is 0 Å².